The second-order valence-electron chi connectivity index (χ2n) is 9.90. The highest BCUT2D eigenvalue weighted by Gasteiger charge is 2.37. The highest BCUT2D eigenvalue weighted by Crippen LogP contribution is 2.40. The van der Waals surface area contributed by atoms with Gasteiger partial charge in [0.15, 0.2) is 0 Å². The maximum atomic E-state index is 12.6. The molecule has 0 fully saturated rings. The summed E-state index contributed by atoms with van der Waals surface area (Å²) in [6.45, 7) is 6.72. The van der Waals surface area contributed by atoms with E-state index in [0.29, 0.717) is 19.6 Å². The molecule has 0 radical (unpaired) electrons. The minimum Gasteiger partial charge on any atom is -0.456 e. The Bertz CT molecular complexity index is 1250. The van der Waals surface area contributed by atoms with Gasteiger partial charge in [-0.3, -0.25) is 0 Å². The maximum absolute atomic E-state index is 12.6. The number of ether oxygens (including phenoxy) is 3. The Balaban J connectivity index is 1.54. The number of rotatable bonds is 13. The topological polar surface area (TPSA) is 44.8 Å². The minimum atomic E-state index is -0.811. The fourth-order valence-electron chi connectivity index (χ4n) is 4.87. The molecule has 0 aliphatic carbocycles. The molecule has 0 heterocycles. The van der Waals surface area contributed by atoms with Crippen molar-refractivity contribution in [1.82, 2.24) is 0 Å². The van der Waals surface area contributed by atoms with Crippen molar-refractivity contribution in [2.24, 2.45) is 0 Å². The van der Waals surface area contributed by atoms with E-state index in [9.17, 15) is 4.79 Å². The van der Waals surface area contributed by atoms with Gasteiger partial charge in [0.25, 0.3) is 0 Å². The zero-order valence-corrected chi connectivity index (χ0v) is 23.6. The van der Waals surface area contributed by atoms with Crippen LogP contribution in [-0.2, 0) is 31.2 Å². The molecule has 206 valence electrons. The van der Waals surface area contributed by atoms with E-state index in [-0.39, 0.29) is 18.7 Å². The SMILES string of the molecule is CCC(OC(=O)COCc1ccccc1)/C(C)=C(\C)COC(c1ccccc1)(c1ccccc1)c1ccccc1. The average Bonchev–Trinajstić information content (AvgIpc) is 3.02. The molecular formula is C36H38O4. The molecule has 0 aliphatic rings. The first-order valence-corrected chi connectivity index (χ1v) is 13.8. The van der Waals surface area contributed by atoms with Gasteiger partial charge in [-0.05, 0) is 53.7 Å². The molecule has 0 amide bonds. The summed E-state index contributed by atoms with van der Waals surface area (Å²) in [6.07, 6.45) is 0.311. The monoisotopic (exact) mass is 534 g/mol. The Hall–Kier alpha value is -3.99. The van der Waals surface area contributed by atoms with E-state index in [1.165, 1.54) is 0 Å². The molecule has 0 spiro atoms. The van der Waals surface area contributed by atoms with Gasteiger partial charge < -0.3 is 14.2 Å². The summed E-state index contributed by atoms with van der Waals surface area (Å²) in [7, 11) is 0. The van der Waals surface area contributed by atoms with Crippen molar-refractivity contribution in [3.63, 3.8) is 0 Å². The molecule has 0 saturated heterocycles. The smallest absolute Gasteiger partial charge is 0.332 e. The van der Waals surface area contributed by atoms with Crippen LogP contribution in [0.15, 0.2) is 132 Å². The van der Waals surface area contributed by atoms with E-state index < -0.39 is 5.60 Å². The molecule has 0 saturated carbocycles. The number of carbonyl (C=O) groups excluding carboxylic acids is 1. The molecule has 4 aromatic rings. The van der Waals surface area contributed by atoms with Crippen LogP contribution in [0.2, 0.25) is 0 Å². The number of carbonyl (C=O) groups is 1. The maximum Gasteiger partial charge on any atom is 0.332 e. The van der Waals surface area contributed by atoms with Gasteiger partial charge in [-0.25, -0.2) is 4.79 Å². The normalized spacial score (nSPS) is 12.9. The molecule has 0 N–H and O–H groups in total. The lowest BCUT2D eigenvalue weighted by Crippen LogP contribution is -2.34. The zero-order valence-electron chi connectivity index (χ0n) is 23.6. The standard InChI is InChI=1S/C36H38O4/c1-4-34(40-35(37)27-38-26-30-17-9-5-10-18-30)29(3)28(2)25-39-36(31-19-11-6-12-20-31,32-21-13-7-14-22-32)33-23-15-8-16-24-33/h5-24,34H,4,25-27H2,1-3H3/b29-28+. The second-order valence-corrected chi connectivity index (χ2v) is 9.90. The van der Waals surface area contributed by atoms with Gasteiger partial charge in [0.1, 0.15) is 18.3 Å². The van der Waals surface area contributed by atoms with Gasteiger partial charge in [-0.15, -0.1) is 0 Å². The number of hydrogen-bond acceptors (Lipinski definition) is 4. The third-order valence-corrected chi connectivity index (χ3v) is 7.18. The summed E-state index contributed by atoms with van der Waals surface area (Å²) in [4.78, 5) is 12.6. The zero-order chi connectivity index (χ0) is 28.2. The first kappa shape index (κ1) is 29.0. The average molecular weight is 535 g/mol. The predicted molar refractivity (Wildman–Crippen MR) is 160 cm³/mol. The molecule has 40 heavy (non-hydrogen) atoms. The molecule has 4 nitrogen and oxygen atoms in total. The Morgan fingerprint density at radius 2 is 1.12 bits per heavy atom. The van der Waals surface area contributed by atoms with Crippen LogP contribution >= 0.6 is 0 Å². The summed E-state index contributed by atoms with van der Waals surface area (Å²) in [6, 6.07) is 40.7. The first-order chi connectivity index (χ1) is 19.5. The van der Waals surface area contributed by atoms with Crippen molar-refractivity contribution < 1.29 is 19.0 Å². The molecule has 4 rings (SSSR count). The molecule has 0 aromatic heterocycles. The van der Waals surface area contributed by atoms with Crippen molar-refractivity contribution in [1.29, 1.82) is 0 Å². The number of hydrogen-bond donors (Lipinski definition) is 0. The Morgan fingerprint density at radius 3 is 1.57 bits per heavy atom. The molecule has 1 atom stereocenters. The fraction of sp³-hybridized carbons (Fsp3) is 0.250. The van der Waals surface area contributed by atoms with Gasteiger partial charge in [0.2, 0.25) is 0 Å². The molecule has 1 unspecified atom stereocenters. The van der Waals surface area contributed by atoms with Crippen LogP contribution in [0.25, 0.3) is 0 Å². The van der Waals surface area contributed by atoms with Crippen LogP contribution in [0.4, 0.5) is 0 Å². The van der Waals surface area contributed by atoms with E-state index in [2.05, 4.69) is 36.4 Å². The van der Waals surface area contributed by atoms with Gasteiger partial charge >= 0.3 is 5.97 Å². The number of benzene rings is 4. The third-order valence-electron chi connectivity index (χ3n) is 7.18. The highest BCUT2D eigenvalue weighted by molar-refractivity contribution is 5.71. The van der Waals surface area contributed by atoms with E-state index in [1.807, 2.05) is 106 Å². The second kappa shape index (κ2) is 14.4. The van der Waals surface area contributed by atoms with Gasteiger partial charge in [-0.1, -0.05) is 128 Å². The summed E-state index contributed by atoms with van der Waals surface area (Å²) >= 11 is 0. The van der Waals surface area contributed by atoms with Gasteiger partial charge in [0.05, 0.1) is 13.2 Å². The van der Waals surface area contributed by atoms with Crippen molar-refractivity contribution >= 4 is 5.97 Å². The van der Waals surface area contributed by atoms with E-state index in [0.717, 1.165) is 33.4 Å². The summed E-state index contributed by atoms with van der Waals surface area (Å²) in [5.41, 5.74) is 5.37. The Labute approximate surface area is 238 Å². The molecule has 0 aliphatic heterocycles. The number of esters is 1. The van der Waals surface area contributed by atoms with Crippen LogP contribution in [0.1, 0.15) is 49.4 Å². The lowest BCUT2D eigenvalue weighted by Gasteiger charge is -2.36. The van der Waals surface area contributed by atoms with Gasteiger partial charge in [0, 0.05) is 0 Å². The lowest BCUT2D eigenvalue weighted by molar-refractivity contribution is -0.153. The van der Waals surface area contributed by atoms with Crippen LogP contribution < -0.4 is 0 Å². The Kier molecular flexibility index (Phi) is 10.4. The fourth-order valence-corrected chi connectivity index (χ4v) is 4.87. The largest absolute Gasteiger partial charge is 0.456 e. The van der Waals surface area contributed by atoms with Crippen LogP contribution in [-0.4, -0.2) is 25.3 Å². The van der Waals surface area contributed by atoms with E-state index >= 15 is 0 Å². The molecule has 0 bridgehead atoms. The Morgan fingerprint density at radius 1 is 0.675 bits per heavy atom. The van der Waals surface area contributed by atoms with Crippen molar-refractivity contribution in [2.45, 2.75) is 45.5 Å². The summed E-state index contributed by atoms with van der Waals surface area (Å²) in [5.74, 6) is -0.372. The van der Waals surface area contributed by atoms with Crippen LogP contribution in [0, 0.1) is 0 Å². The van der Waals surface area contributed by atoms with E-state index in [4.69, 9.17) is 14.2 Å². The lowest BCUT2D eigenvalue weighted by atomic mass is 9.80. The first-order valence-electron chi connectivity index (χ1n) is 13.8. The van der Waals surface area contributed by atoms with E-state index in [1.54, 1.807) is 0 Å². The van der Waals surface area contributed by atoms with Crippen LogP contribution in [0.3, 0.4) is 0 Å². The predicted octanol–water partition coefficient (Wildman–Crippen LogP) is 7.87. The minimum absolute atomic E-state index is 0.0899. The third kappa shape index (κ3) is 7.15. The molecular weight excluding hydrogens is 496 g/mol. The quantitative estimate of drug-likeness (QED) is 0.0995. The summed E-state index contributed by atoms with van der Waals surface area (Å²) < 4.78 is 18.4. The molecule has 4 heteroatoms. The van der Waals surface area contributed by atoms with Crippen molar-refractivity contribution in [3.05, 3.63) is 155 Å². The highest BCUT2D eigenvalue weighted by atomic mass is 16.6. The van der Waals surface area contributed by atoms with Crippen molar-refractivity contribution in [3.8, 4) is 0 Å². The molecule has 4 aromatic carbocycles. The van der Waals surface area contributed by atoms with Crippen molar-refractivity contribution in [2.75, 3.05) is 13.2 Å². The van der Waals surface area contributed by atoms with Gasteiger partial charge in [-0.2, -0.15) is 0 Å². The van der Waals surface area contributed by atoms with Crippen LogP contribution in [0.5, 0.6) is 0 Å². The summed E-state index contributed by atoms with van der Waals surface area (Å²) in [5, 5.41) is 0.